The van der Waals surface area contributed by atoms with Crippen molar-refractivity contribution < 1.29 is 44.3 Å². The van der Waals surface area contributed by atoms with Crippen molar-refractivity contribution in [3.05, 3.63) is 47.8 Å². The maximum Gasteiger partial charge on any atom is 0.433 e. The van der Waals surface area contributed by atoms with Crippen LogP contribution in [0.4, 0.5) is 32.0 Å². The third-order valence-electron chi connectivity index (χ3n) is 4.61. The molecule has 0 bridgehead atoms. The van der Waals surface area contributed by atoms with Gasteiger partial charge in [0.05, 0.1) is 16.1 Å². The van der Waals surface area contributed by atoms with Crippen LogP contribution in [-0.4, -0.2) is 49.5 Å². The molecule has 0 unspecified atom stereocenters. The van der Waals surface area contributed by atoms with Crippen molar-refractivity contribution in [1.29, 1.82) is 0 Å². The molecule has 1 saturated heterocycles. The first kappa shape index (κ1) is 24.8. The van der Waals surface area contributed by atoms with Gasteiger partial charge in [-0.3, -0.25) is 9.78 Å². The molecule has 1 fully saturated rings. The van der Waals surface area contributed by atoms with Gasteiger partial charge >= 0.3 is 12.4 Å². The molecule has 1 amide bonds. The van der Waals surface area contributed by atoms with Crippen LogP contribution in [0.3, 0.4) is 0 Å². The highest BCUT2D eigenvalue weighted by atomic mass is 32.2. The van der Waals surface area contributed by atoms with Crippen molar-refractivity contribution in [2.24, 2.45) is 0 Å². The summed E-state index contributed by atoms with van der Waals surface area (Å²) in [7, 11) is -3.98. The minimum atomic E-state index is -4.73. The molecule has 0 aliphatic carbocycles. The van der Waals surface area contributed by atoms with E-state index < -0.39 is 52.0 Å². The smallest absolute Gasteiger partial charge is 0.433 e. The van der Waals surface area contributed by atoms with Gasteiger partial charge in [0.25, 0.3) is 5.91 Å². The summed E-state index contributed by atoms with van der Waals surface area (Å²) >= 11 is 0. The predicted molar refractivity (Wildman–Crippen MR) is 103 cm³/mol. The van der Waals surface area contributed by atoms with Crippen molar-refractivity contribution >= 4 is 21.6 Å². The Morgan fingerprint density at radius 3 is 2.27 bits per heavy atom. The molecule has 0 spiro atoms. The average molecular weight is 497 g/mol. The molecule has 3 rings (SSSR count). The molecule has 2 aromatic rings. The van der Waals surface area contributed by atoms with Gasteiger partial charge in [-0.2, -0.15) is 30.6 Å². The Morgan fingerprint density at radius 2 is 1.73 bits per heavy atom. The summed E-state index contributed by atoms with van der Waals surface area (Å²) < 4.78 is 107. The molecule has 1 N–H and O–H groups in total. The van der Waals surface area contributed by atoms with Gasteiger partial charge in [-0.25, -0.2) is 8.42 Å². The van der Waals surface area contributed by atoms with Gasteiger partial charge in [0.1, 0.15) is 11.4 Å². The molecule has 1 aliphatic heterocycles. The van der Waals surface area contributed by atoms with E-state index in [1.807, 2.05) is 0 Å². The van der Waals surface area contributed by atoms with Gasteiger partial charge in [-0.05, 0) is 43.2 Å². The van der Waals surface area contributed by atoms with E-state index in [4.69, 9.17) is 0 Å². The van der Waals surface area contributed by atoms with E-state index in [-0.39, 0.29) is 23.5 Å². The van der Waals surface area contributed by atoms with E-state index >= 15 is 0 Å². The molecule has 1 aliphatic rings. The minimum Gasteiger partial charge on any atom is -0.482 e. The van der Waals surface area contributed by atoms with Gasteiger partial charge in [-0.1, -0.05) is 0 Å². The standard InChI is InChI=1S/C19H17F6N3O4S/c20-18(21,22)11-32-15-5-4-13(33(30,31)28-7-1-2-8-28)9-14(15)27-17(29)12-3-6-16(26-10-12)19(23,24)25/h3-6,9-10H,1-2,7-8,11H2,(H,27,29). The minimum absolute atomic E-state index is 0.271. The van der Waals surface area contributed by atoms with Crippen LogP contribution in [-0.2, 0) is 16.2 Å². The maximum atomic E-state index is 12.8. The Balaban J connectivity index is 1.91. The van der Waals surface area contributed by atoms with Crippen LogP contribution in [0.1, 0.15) is 28.9 Å². The lowest BCUT2D eigenvalue weighted by molar-refractivity contribution is -0.153. The van der Waals surface area contributed by atoms with Gasteiger partial charge < -0.3 is 10.1 Å². The highest BCUT2D eigenvalue weighted by Gasteiger charge is 2.33. The number of carbonyl (C=O) groups is 1. The quantitative estimate of drug-likeness (QED) is 0.608. The van der Waals surface area contributed by atoms with Crippen LogP contribution in [0.15, 0.2) is 41.4 Å². The number of nitrogens with one attached hydrogen (secondary N) is 1. The van der Waals surface area contributed by atoms with Crippen molar-refractivity contribution in [2.45, 2.75) is 30.1 Å². The third kappa shape index (κ3) is 6.13. The lowest BCUT2D eigenvalue weighted by atomic mass is 10.2. The fourth-order valence-electron chi connectivity index (χ4n) is 3.02. The van der Waals surface area contributed by atoms with Gasteiger partial charge in [0.15, 0.2) is 6.61 Å². The number of ether oxygens (including phenoxy) is 1. The Bertz CT molecular complexity index is 1110. The first-order valence-electron chi connectivity index (χ1n) is 9.46. The Kier molecular flexibility index (Phi) is 6.88. The number of halogens is 6. The van der Waals surface area contributed by atoms with E-state index in [9.17, 15) is 39.6 Å². The number of hydrogen-bond acceptors (Lipinski definition) is 5. The Morgan fingerprint density at radius 1 is 1.06 bits per heavy atom. The number of benzene rings is 1. The van der Waals surface area contributed by atoms with Crippen molar-refractivity contribution in [2.75, 3.05) is 25.0 Å². The largest absolute Gasteiger partial charge is 0.482 e. The van der Waals surface area contributed by atoms with Gasteiger partial charge in [0, 0.05) is 19.3 Å². The Labute approximate surface area is 184 Å². The monoisotopic (exact) mass is 497 g/mol. The zero-order chi connectivity index (χ0) is 24.4. The van der Waals surface area contributed by atoms with Crippen molar-refractivity contribution in [3.63, 3.8) is 0 Å². The summed E-state index contributed by atoms with van der Waals surface area (Å²) in [6.07, 6.45) is -7.50. The number of rotatable bonds is 6. The molecular weight excluding hydrogens is 480 g/mol. The maximum absolute atomic E-state index is 12.8. The number of nitrogens with zero attached hydrogens (tertiary/aromatic N) is 2. The lowest BCUT2D eigenvalue weighted by Gasteiger charge is -2.18. The van der Waals surface area contributed by atoms with E-state index in [1.54, 1.807) is 0 Å². The second-order valence-electron chi connectivity index (χ2n) is 7.06. The van der Waals surface area contributed by atoms with Crippen molar-refractivity contribution in [3.8, 4) is 5.75 Å². The number of amides is 1. The molecule has 0 atom stereocenters. The molecule has 0 saturated carbocycles. The fourth-order valence-corrected chi connectivity index (χ4v) is 4.56. The van der Waals surface area contributed by atoms with Gasteiger partial charge in [0.2, 0.25) is 10.0 Å². The molecular formula is C19H17F6N3O4S. The topological polar surface area (TPSA) is 88.6 Å². The fraction of sp³-hybridized carbons (Fsp3) is 0.368. The van der Waals surface area contributed by atoms with Crippen LogP contribution < -0.4 is 10.1 Å². The third-order valence-corrected chi connectivity index (χ3v) is 6.50. The molecule has 14 heteroatoms. The molecule has 2 heterocycles. The molecule has 0 radical (unpaired) electrons. The zero-order valence-electron chi connectivity index (χ0n) is 16.7. The summed E-state index contributed by atoms with van der Waals surface area (Å²) in [5, 5.41) is 2.19. The summed E-state index contributed by atoms with van der Waals surface area (Å²) in [4.78, 5) is 15.3. The highest BCUT2D eigenvalue weighted by Crippen LogP contribution is 2.32. The molecule has 1 aromatic carbocycles. The second-order valence-corrected chi connectivity index (χ2v) is 8.99. The highest BCUT2D eigenvalue weighted by molar-refractivity contribution is 7.89. The van der Waals surface area contributed by atoms with Crippen LogP contribution in [0.2, 0.25) is 0 Å². The summed E-state index contributed by atoms with van der Waals surface area (Å²) in [6, 6.07) is 4.34. The SMILES string of the molecule is O=C(Nc1cc(S(=O)(=O)N2CCCC2)ccc1OCC(F)(F)F)c1ccc(C(F)(F)F)nc1. The number of anilines is 1. The molecule has 33 heavy (non-hydrogen) atoms. The number of aromatic nitrogens is 1. The number of alkyl halides is 6. The van der Waals surface area contributed by atoms with Crippen LogP contribution in [0.5, 0.6) is 5.75 Å². The average Bonchev–Trinajstić information content (AvgIpc) is 3.27. The van der Waals surface area contributed by atoms with Gasteiger partial charge in [-0.15, -0.1) is 0 Å². The normalized spacial score (nSPS) is 15.5. The van der Waals surface area contributed by atoms with Crippen LogP contribution in [0.25, 0.3) is 0 Å². The Hall–Kier alpha value is -2.87. The number of sulfonamides is 1. The number of carbonyl (C=O) groups excluding carboxylic acids is 1. The number of pyridine rings is 1. The zero-order valence-corrected chi connectivity index (χ0v) is 17.5. The van der Waals surface area contributed by atoms with E-state index in [0.717, 1.165) is 24.3 Å². The van der Waals surface area contributed by atoms with E-state index in [0.29, 0.717) is 25.1 Å². The molecule has 7 nitrogen and oxygen atoms in total. The first-order valence-corrected chi connectivity index (χ1v) is 10.9. The summed E-state index contributed by atoms with van der Waals surface area (Å²) in [6.45, 7) is -1.17. The number of hydrogen-bond donors (Lipinski definition) is 1. The van der Waals surface area contributed by atoms with Crippen LogP contribution >= 0.6 is 0 Å². The van der Waals surface area contributed by atoms with E-state index in [2.05, 4.69) is 15.0 Å². The molecule has 1 aromatic heterocycles. The first-order chi connectivity index (χ1) is 15.3. The summed E-state index contributed by atoms with van der Waals surface area (Å²) in [5.41, 5.74) is -1.98. The predicted octanol–water partition coefficient (Wildman–Crippen LogP) is 4.08. The molecule has 180 valence electrons. The van der Waals surface area contributed by atoms with Crippen LogP contribution in [0, 0.1) is 0 Å². The van der Waals surface area contributed by atoms with Crippen molar-refractivity contribution in [1.82, 2.24) is 9.29 Å². The second kappa shape index (κ2) is 9.17. The lowest BCUT2D eigenvalue weighted by Crippen LogP contribution is -2.28. The van der Waals surface area contributed by atoms with E-state index in [1.165, 1.54) is 4.31 Å². The summed E-state index contributed by atoms with van der Waals surface area (Å²) in [5.74, 6) is -1.50.